The van der Waals surface area contributed by atoms with Crippen LogP contribution in [-0.2, 0) is 9.53 Å². The van der Waals surface area contributed by atoms with Gasteiger partial charge in [0.25, 0.3) is 5.91 Å². The second-order valence-electron chi connectivity index (χ2n) is 6.33. The van der Waals surface area contributed by atoms with E-state index >= 15 is 0 Å². The summed E-state index contributed by atoms with van der Waals surface area (Å²) in [6.07, 6.45) is -0.631. The van der Waals surface area contributed by atoms with Gasteiger partial charge in [-0.1, -0.05) is 23.7 Å². The third-order valence-electron chi connectivity index (χ3n) is 4.24. The predicted molar refractivity (Wildman–Crippen MR) is 104 cm³/mol. The van der Waals surface area contributed by atoms with Gasteiger partial charge < -0.3 is 19.7 Å². The van der Waals surface area contributed by atoms with Crippen LogP contribution in [0.5, 0.6) is 5.75 Å². The highest BCUT2D eigenvalue weighted by atomic mass is 35.5. The molecule has 1 amide bonds. The van der Waals surface area contributed by atoms with E-state index in [-0.39, 0.29) is 5.91 Å². The first-order valence-corrected chi connectivity index (χ1v) is 9.07. The van der Waals surface area contributed by atoms with Crippen molar-refractivity contribution in [3.05, 3.63) is 53.1 Å². The molecule has 0 aliphatic carbocycles. The summed E-state index contributed by atoms with van der Waals surface area (Å²) in [7, 11) is 0. The quantitative estimate of drug-likeness (QED) is 0.862. The maximum atomic E-state index is 12.6. The fourth-order valence-corrected chi connectivity index (χ4v) is 3.04. The summed E-state index contributed by atoms with van der Waals surface area (Å²) in [6.45, 7) is 6.61. The van der Waals surface area contributed by atoms with E-state index in [0.29, 0.717) is 29.7 Å². The third-order valence-corrected chi connectivity index (χ3v) is 4.47. The average molecular weight is 375 g/mol. The zero-order valence-electron chi connectivity index (χ0n) is 15.0. The molecule has 2 aromatic carbocycles. The summed E-state index contributed by atoms with van der Waals surface area (Å²) < 4.78 is 11.2. The molecular weight excluding hydrogens is 352 g/mol. The van der Waals surface area contributed by atoms with Crippen molar-refractivity contribution in [2.45, 2.75) is 20.0 Å². The van der Waals surface area contributed by atoms with Gasteiger partial charge in [-0.05, 0) is 49.7 Å². The van der Waals surface area contributed by atoms with E-state index in [1.807, 2.05) is 43.3 Å². The smallest absolute Gasteiger partial charge is 0.265 e. The molecule has 1 N–H and O–H groups in total. The normalized spacial score (nSPS) is 15.4. The summed E-state index contributed by atoms with van der Waals surface area (Å²) in [4.78, 5) is 14.8. The van der Waals surface area contributed by atoms with E-state index in [4.69, 9.17) is 21.1 Å². The van der Waals surface area contributed by atoms with Crippen LogP contribution < -0.4 is 15.0 Å². The number of anilines is 2. The standard InChI is InChI=1S/C20H23ClN2O3/c1-14-4-3-5-17(12-14)26-15(2)20(24)22-18-13-16(21)6-7-19(18)23-8-10-25-11-9-23/h3-7,12-13,15H,8-11H2,1-2H3,(H,22,24)/t15-/m0/s1. The largest absolute Gasteiger partial charge is 0.481 e. The Kier molecular flexibility index (Phi) is 6.01. The summed E-state index contributed by atoms with van der Waals surface area (Å²) in [5.41, 5.74) is 2.71. The molecule has 1 fully saturated rings. The van der Waals surface area contributed by atoms with E-state index in [1.165, 1.54) is 0 Å². The molecule has 1 atom stereocenters. The van der Waals surface area contributed by atoms with Crippen molar-refractivity contribution in [1.29, 1.82) is 0 Å². The van der Waals surface area contributed by atoms with Gasteiger partial charge in [-0.3, -0.25) is 4.79 Å². The van der Waals surface area contributed by atoms with Gasteiger partial charge >= 0.3 is 0 Å². The van der Waals surface area contributed by atoms with Crippen LogP contribution in [0.4, 0.5) is 11.4 Å². The lowest BCUT2D eigenvalue weighted by Gasteiger charge is -2.30. The Morgan fingerprint density at radius 2 is 2.00 bits per heavy atom. The molecule has 1 heterocycles. The van der Waals surface area contributed by atoms with Gasteiger partial charge in [0.05, 0.1) is 24.6 Å². The first-order chi connectivity index (χ1) is 12.5. The molecule has 1 aliphatic heterocycles. The highest BCUT2D eigenvalue weighted by molar-refractivity contribution is 6.31. The SMILES string of the molecule is Cc1cccc(O[C@@H](C)C(=O)Nc2cc(Cl)ccc2N2CCOCC2)c1. The summed E-state index contributed by atoms with van der Waals surface area (Å²) in [5, 5.41) is 3.53. The molecule has 2 aromatic rings. The molecule has 1 saturated heterocycles. The number of nitrogens with zero attached hydrogens (tertiary/aromatic N) is 1. The number of rotatable bonds is 5. The van der Waals surface area contributed by atoms with E-state index in [0.717, 1.165) is 24.3 Å². The molecule has 0 aromatic heterocycles. The Labute approximate surface area is 158 Å². The molecule has 5 nitrogen and oxygen atoms in total. The van der Waals surface area contributed by atoms with Gasteiger partial charge in [0.2, 0.25) is 0 Å². The van der Waals surface area contributed by atoms with E-state index in [2.05, 4.69) is 10.2 Å². The van der Waals surface area contributed by atoms with E-state index < -0.39 is 6.10 Å². The Balaban J connectivity index is 1.72. The number of halogens is 1. The maximum Gasteiger partial charge on any atom is 0.265 e. The number of aryl methyl sites for hydroxylation is 1. The maximum absolute atomic E-state index is 12.6. The minimum absolute atomic E-state index is 0.219. The van der Waals surface area contributed by atoms with Crippen molar-refractivity contribution in [3.63, 3.8) is 0 Å². The number of carbonyl (C=O) groups excluding carboxylic acids is 1. The van der Waals surface area contributed by atoms with Crippen LogP contribution in [0.15, 0.2) is 42.5 Å². The van der Waals surface area contributed by atoms with Crippen molar-refractivity contribution in [3.8, 4) is 5.75 Å². The topological polar surface area (TPSA) is 50.8 Å². The number of ether oxygens (including phenoxy) is 2. The van der Waals surface area contributed by atoms with Crippen LogP contribution in [0, 0.1) is 6.92 Å². The first kappa shape index (κ1) is 18.5. The van der Waals surface area contributed by atoms with Gasteiger partial charge in [-0.25, -0.2) is 0 Å². The fourth-order valence-electron chi connectivity index (χ4n) is 2.87. The number of morpholine rings is 1. The lowest BCUT2D eigenvalue weighted by Crippen LogP contribution is -2.37. The van der Waals surface area contributed by atoms with Gasteiger partial charge in [0.1, 0.15) is 5.75 Å². The van der Waals surface area contributed by atoms with Crippen LogP contribution in [0.3, 0.4) is 0 Å². The molecule has 138 valence electrons. The summed E-state index contributed by atoms with van der Waals surface area (Å²) in [6, 6.07) is 13.2. The van der Waals surface area contributed by atoms with Crippen molar-refractivity contribution >= 4 is 28.9 Å². The molecule has 0 unspecified atom stereocenters. The second-order valence-corrected chi connectivity index (χ2v) is 6.76. The lowest BCUT2D eigenvalue weighted by molar-refractivity contribution is -0.122. The molecule has 0 spiro atoms. The third kappa shape index (κ3) is 4.68. The predicted octanol–water partition coefficient (Wildman–Crippen LogP) is 3.89. The number of nitrogens with one attached hydrogen (secondary N) is 1. The molecule has 0 bridgehead atoms. The summed E-state index contributed by atoms with van der Waals surface area (Å²) >= 11 is 6.14. The number of carbonyl (C=O) groups is 1. The van der Waals surface area contributed by atoms with Gasteiger partial charge in [0.15, 0.2) is 6.10 Å². The van der Waals surface area contributed by atoms with Crippen LogP contribution in [0.25, 0.3) is 0 Å². The Bertz CT molecular complexity index is 775. The molecule has 26 heavy (non-hydrogen) atoms. The van der Waals surface area contributed by atoms with Crippen molar-refractivity contribution in [1.82, 2.24) is 0 Å². The number of benzene rings is 2. The van der Waals surface area contributed by atoms with Crippen molar-refractivity contribution in [2.75, 3.05) is 36.5 Å². The zero-order valence-corrected chi connectivity index (χ0v) is 15.8. The lowest BCUT2D eigenvalue weighted by atomic mass is 10.2. The van der Waals surface area contributed by atoms with Gasteiger partial charge in [0, 0.05) is 18.1 Å². The minimum atomic E-state index is -0.631. The van der Waals surface area contributed by atoms with E-state index in [9.17, 15) is 4.79 Å². The second kappa shape index (κ2) is 8.43. The minimum Gasteiger partial charge on any atom is -0.481 e. The Morgan fingerprint density at radius 3 is 2.73 bits per heavy atom. The van der Waals surface area contributed by atoms with Crippen molar-refractivity contribution in [2.24, 2.45) is 0 Å². The molecule has 1 aliphatic rings. The van der Waals surface area contributed by atoms with Crippen molar-refractivity contribution < 1.29 is 14.3 Å². The molecular formula is C20H23ClN2O3. The van der Waals surface area contributed by atoms with Gasteiger partial charge in [-0.15, -0.1) is 0 Å². The molecule has 0 saturated carbocycles. The number of hydrogen-bond donors (Lipinski definition) is 1. The Morgan fingerprint density at radius 1 is 1.23 bits per heavy atom. The highest BCUT2D eigenvalue weighted by Gasteiger charge is 2.20. The zero-order chi connectivity index (χ0) is 18.5. The van der Waals surface area contributed by atoms with Crippen LogP contribution >= 0.6 is 11.6 Å². The van der Waals surface area contributed by atoms with Crippen LogP contribution in [0.1, 0.15) is 12.5 Å². The molecule has 3 rings (SSSR count). The molecule has 0 radical (unpaired) electrons. The van der Waals surface area contributed by atoms with Gasteiger partial charge in [-0.2, -0.15) is 0 Å². The average Bonchev–Trinajstić information content (AvgIpc) is 2.62. The number of amides is 1. The fraction of sp³-hybridized carbons (Fsp3) is 0.350. The Hall–Kier alpha value is -2.24. The van der Waals surface area contributed by atoms with Crippen LogP contribution in [0.2, 0.25) is 5.02 Å². The monoisotopic (exact) mass is 374 g/mol. The number of hydrogen-bond acceptors (Lipinski definition) is 4. The summed E-state index contributed by atoms with van der Waals surface area (Å²) in [5.74, 6) is 0.454. The first-order valence-electron chi connectivity index (χ1n) is 8.69. The molecule has 6 heteroatoms. The van der Waals surface area contributed by atoms with E-state index in [1.54, 1.807) is 13.0 Å². The highest BCUT2D eigenvalue weighted by Crippen LogP contribution is 2.30. The van der Waals surface area contributed by atoms with Crippen LogP contribution in [-0.4, -0.2) is 38.3 Å².